The highest BCUT2D eigenvalue weighted by molar-refractivity contribution is 6.00. The Bertz CT molecular complexity index is 961. The fourth-order valence-electron chi connectivity index (χ4n) is 3.52. The summed E-state index contributed by atoms with van der Waals surface area (Å²) in [6.07, 6.45) is -0.334. The normalized spacial score (nSPS) is 16.1. The molecule has 1 heterocycles. The van der Waals surface area contributed by atoms with E-state index in [-0.39, 0.29) is 31.1 Å². The number of hydrogen-bond donors (Lipinski definition) is 2. The highest BCUT2D eigenvalue weighted by atomic mass is 16.6. The van der Waals surface area contributed by atoms with E-state index in [4.69, 9.17) is 14.2 Å². The highest BCUT2D eigenvalue weighted by Crippen LogP contribution is 2.40. The van der Waals surface area contributed by atoms with Crippen molar-refractivity contribution in [2.45, 2.75) is 53.6 Å². The molecule has 1 aliphatic heterocycles. The minimum absolute atomic E-state index is 0.0811. The molecule has 2 N–H and O–H groups in total. The minimum atomic E-state index is -0.733. The molecule has 1 aliphatic rings. The summed E-state index contributed by atoms with van der Waals surface area (Å²) in [6.45, 7) is 11.0. The molecule has 0 radical (unpaired) electrons. The average Bonchev–Trinajstić information content (AvgIpc) is 2.72. The Hall–Kier alpha value is -3.13. The third-order valence-corrected chi connectivity index (χ3v) is 5.08. The standard InChI is InChI=1S/C25H34N2O6/c1-14(2)23(28)27-19-10-8-9-18(13-19)22-20(24(29)32-12-11-31-7)16(5)26-17(6)21(22)25(30)33-15(3)4/h8-10,13-15,22,26H,11-12H2,1-7H3,(H,27,28)/t22-/m1/s1. The molecule has 0 bridgehead atoms. The largest absolute Gasteiger partial charge is 0.460 e. The summed E-state index contributed by atoms with van der Waals surface area (Å²) in [6, 6.07) is 7.12. The molecular weight excluding hydrogens is 424 g/mol. The number of hydrogen-bond acceptors (Lipinski definition) is 7. The maximum Gasteiger partial charge on any atom is 0.337 e. The topological polar surface area (TPSA) is 103 Å². The Balaban J connectivity index is 2.57. The molecule has 0 spiro atoms. The smallest absolute Gasteiger partial charge is 0.337 e. The number of carbonyl (C=O) groups is 3. The van der Waals surface area contributed by atoms with Gasteiger partial charge in [0, 0.05) is 30.1 Å². The van der Waals surface area contributed by atoms with Gasteiger partial charge in [0.1, 0.15) is 6.61 Å². The summed E-state index contributed by atoms with van der Waals surface area (Å²) < 4.78 is 15.9. The summed E-state index contributed by atoms with van der Waals surface area (Å²) in [7, 11) is 1.52. The van der Waals surface area contributed by atoms with E-state index < -0.39 is 17.9 Å². The Morgan fingerprint density at radius 2 is 1.64 bits per heavy atom. The number of allylic oxidation sites excluding steroid dienone is 2. The van der Waals surface area contributed by atoms with Gasteiger partial charge >= 0.3 is 11.9 Å². The summed E-state index contributed by atoms with van der Waals surface area (Å²) >= 11 is 0. The molecular formula is C25H34N2O6. The molecule has 33 heavy (non-hydrogen) atoms. The van der Waals surface area contributed by atoms with E-state index in [1.807, 2.05) is 6.07 Å². The van der Waals surface area contributed by atoms with Crippen molar-refractivity contribution in [2.24, 2.45) is 5.92 Å². The van der Waals surface area contributed by atoms with Gasteiger partial charge in [-0.15, -0.1) is 0 Å². The second-order valence-corrected chi connectivity index (χ2v) is 8.49. The van der Waals surface area contributed by atoms with Crippen LogP contribution in [-0.4, -0.2) is 44.3 Å². The summed E-state index contributed by atoms with van der Waals surface area (Å²) in [5.74, 6) is -2.13. The van der Waals surface area contributed by atoms with E-state index in [9.17, 15) is 14.4 Å². The fourth-order valence-corrected chi connectivity index (χ4v) is 3.52. The van der Waals surface area contributed by atoms with Crippen LogP contribution in [0.2, 0.25) is 0 Å². The van der Waals surface area contributed by atoms with Crippen LogP contribution in [-0.2, 0) is 28.6 Å². The van der Waals surface area contributed by atoms with Crippen LogP contribution < -0.4 is 10.6 Å². The van der Waals surface area contributed by atoms with Crippen molar-refractivity contribution < 1.29 is 28.6 Å². The number of benzene rings is 1. The van der Waals surface area contributed by atoms with Crippen molar-refractivity contribution in [1.82, 2.24) is 5.32 Å². The molecule has 1 amide bonds. The summed E-state index contributed by atoms with van der Waals surface area (Å²) in [5, 5.41) is 5.99. The zero-order valence-electron chi connectivity index (χ0n) is 20.4. The molecule has 0 saturated heterocycles. The lowest BCUT2D eigenvalue weighted by Gasteiger charge is -2.31. The molecule has 2 rings (SSSR count). The maximum absolute atomic E-state index is 13.1. The van der Waals surface area contributed by atoms with Crippen LogP contribution in [0.25, 0.3) is 0 Å². The van der Waals surface area contributed by atoms with Gasteiger partial charge in [-0.25, -0.2) is 9.59 Å². The van der Waals surface area contributed by atoms with E-state index in [0.29, 0.717) is 33.8 Å². The van der Waals surface area contributed by atoms with Gasteiger partial charge < -0.3 is 24.8 Å². The maximum atomic E-state index is 13.1. The van der Waals surface area contributed by atoms with Crippen LogP contribution in [0.1, 0.15) is 53.0 Å². The minimum Gasteiger partial charge on any atom is -0.460 e. The van der Waals surface area contributed by atoms with Crippen molar-refractivity contribution in [3.05, 3.63) is 52.4 Å². The zero-order valence-corrected chi connectivity index (χ0v) is 20.4. The first kappa shape index (κ1) is 26.1. The van der Waals surface area contributed by atoms with Crippen LogP contribution in [0.5, 0.6) is 0 Å². The van der Waals surface area contributed by atoms with Gasteiger partial charge in [0.2, 0.25) is 5.91 Å². The summed E-state index contributed by atoms with van der Waals surface area (Å²) in [4.78, 5) is 38.4. The zero-order chi connectivity index (χ0) is 24.7. The number of dihydropyridines is 1. The molecule has 1 atom stereocenters. The van der Waals surface area contributed by atoms with Gasteiger partial charge in [0.15, 0.2) is 0 Å². The quantitative estimate of drug-likeness (QED) is 0.430. The highest BCUT2D eigenvalue weighted by Gasteiger charge is 2.38. The van der Waals surface area contributed by atoms with Crippen LogP contribution in [0, 0.1) is 5.92 Å². The molecule has 1 aromatic rings. The van der Waals surface area contributed by atoms with Crippen LogP contribution >= 0.6 is 0 Å². The number of amides is 1. The number of methoxy groups -OCH3 is 1. The molecule has 180 valence electrons. The first-order valence-corrected chi connectivity index (χ1v) is 11.0. The van der Waals surface area contributed by atoms with E-state index in [1.165, 1.54) is 7.11 Å². The molecule has 8 heteroatoms. The molecule has 0 aromatic heterocycles. The first-order valence-electron chi connectivity index (χ1n) is 11.0. The lowest BCUT2D eigenvalue weighted by molar-refractivity contribution is -0.143. The Labute approximate surface area is 195 Å². The molecule has 1 aromatic carbocycles. The van der Waals surface area contributed by atoms with E-state index >= 15 is 0 Å². The molecule has 0 fully saturated rings. The number of esters is 2. The van der Waals surface area contributed by atoms with Crippen molar-refractivity contribution in [3.63, 3.8) is 0 Å². The number of anilines is 1. The van der Waals surface area contributed by atoms with Gasteiger partial charge in [-0.3, -0.25) is 4.79 Å². The van der Waals surface area contributed by atoms with Crippen molar-refractivity contribution >= 4 is 23.5 Å². The van der Waals surface area contributed by atoms with Crippen molar-refractivity contribution in [1.29, 1.82) is 0 Å². The predicted octanol–water partition coefficient (Wildman–Crippen LogP) is 3.66. The van der Waals surface area contributed by atoms with E-state index in [2.05, 4.69) is 10.6 Å². The molecule has 0 aliphatic carbocycles. The molecule has 8 nitrogen and oxygen atoms in total. The average molecular weight is 459 g/mol. The summed E-state index contributed by atoms with van der Waals surface area (Å²) in [5.41, 5.74) is 3.03. The number of rotatable bonds is 9. The second kappa shape index (κ2) is 11.7. The van der Waals surface area contributed by atoms with E-state index in [1.54, 1.807) is 59.7 Å². The monoisotopic (exact) mass is 458 g/mol. The van der Waals surface area contributed by atoms with Crippen molar-refractivity contribution in [2.75, 3.05) is 25.6 Å². The van der Waals surface area contributed by atoms with Gasteiger partial charge in [-0.05, 0) is 45.4 Å². The fraction of sp³-hybridized carbons (Fsp3) is 0.480. The second-order valence-electron chi connectivity index (χ2n) is 8.49. The first-order chi connectivity index (χ1) is 15.6. The van der Waals surface area contributed by atoms with E-state index in [0.717, 1.165) is 0 Å². The Kier molecular flexibility index (Phi) is 9.22. The van der Waals surface area contributed by atoms with Gasteiger partial charge in [-0.2, -0.15) is 0 Å². The number of ether oxygens (including phenoxy) is 3. The molecule has 0 unspecified atom stereocenters. The van der Waals surface area contributed by atoms with Crippen molar-refractivity contribution in [3.8, 4) is 0 Å². The van der Waals surface area contributed by atoms with Crippen LogP contribution in [0.15, 0.2) is 46.8 Å². The molecule has 0 saturated carbocycles. The van der Waals surface area contributed by atoms with Crippen LogP contribution in [0.3, 0.4) is 0 Å². The van der Waals surface area contributed by atoms with Gasteiger partial charge in [-0.1, -0.05) is 26.0 Å². The SMILES string of the molecule is COCCOC(=O)C1=C(C)NC(C)=C(C(=O)OC(C)C)[C@@H]1c1cccc(NC(=O)C(C)C)c1. The number of carbonyl (C=O) groups excluding carboxylic acids is 3. The Morgan fingerprint density at radius 3 is 2.21 bits per heavy atom. The predicted molar refractivity (Wildman–Crippen MR) is 125 cm³/mol. The third-order valence-electron chi connectivity index (χ3n) is 5.08. The lowest BCUT2D eigenvalue weighted by Crippen LogP contribution is -2.33. The Morgan fingerprint density at radius 1 is 1.00 bits per heavy atom. The van der Waals surface area contributed by atoms with Gasteiger partial charge in [0.25, 0.3) is 0 Å². The van der Waals surface area contributed by atoms with Gasteiger partial charge in [0.05, 0.1) is 29.8 Å². The number of nitrogens with one attached hydrogen (secondary N) is 2. The van der Waals surface area contributed by atoms with Crippen LogP contribution in [0.4, 0.5) is 5.69 Å². The lowest BCUT2D eigenvalue weighted by atomic mass is 9.80. The third kappa shape index (κ3) is 6.68.